The van der Waals surface area contributed by atoms with E-state index in [1.165, 1.54) is 0 Å². The maximum Gasteiger partial charge on any atom is 0.326 e. The van der Waals surface area contributed by atoms with E-state index in [1.54, 1.807) is 28.0 Å². The number of nitrogens with zero attached hydrogens (tertiary/aromatic N) is 4. The second-order valence-corrected chi connectivity index (χ2v) is 6.47. The van der Waals surface area contributed by atoms with Crippen molar-refractivity contribution < 1.29 is 9.90 Å². The lowest BCUT2D eigenvalue weighted by molar-refractivity contribution is -0.138. The Bertz CT molecular complexity index is 813. The first kappa shape index (κ1) is 15.4. The number of aliphatic carboxylic acids is 1. The van der Waals surface area contributed by atoms with E-state index in [0.717, 1.165) is 5.56 Å². The SMILES string of the molecule is CC(C)C[C@H](Nc1ccc2nnc(-c3ccsc3)n2n1)C(=O)O. The van der Waals surface area contributed by atoms with Crippen LogP contribution in [0.1, 0.15) is 20.3 Å². The van der Waals surface area contributed by atoms with Crippen LogP contribution in [0, 0.1) is 5.92 Å². The number of hydrogen-bond acceptors (Lipinski definition) is 6. The predicted octanol–water partition coefficient (Wildman–Crippen LogP) is 2.76. The average Bonchev–Trinajstić information content (AvgIpc) is 3.14. The highest BCUT2D eigenvalue weighted by Gasteiger charge is 2.20. The summed E-state index contributed by atoms with van der Waals surface area (Å²) in [4.78, 5) is 11.4. The van der Waals surface area contributed by atoms with Crippen molar-refractivity contribution in [1.82, 2.24) is 19.8 Å². The van der Waals surface area contributed by atoms with Gasteiger partial charge in [0.2, 0.25) is 0 Å². The maximum absolute atomic E-state index is 11.4. The Labute approximate surface area is 137 Å². The number of fused-ring (bicyclic) bond motifs is 1. The third-order valence-corrected chi connectivity index (χ3v) is 4.05. The van der Waals surface area contributed by atoms with Crippen LogP contribution in [0.3, 0.4) is 0 Å². The van der Waals surface area contributed by atoms with Crippen LogP contribution >= 0.6 is 11.3 Å². The molecule has 0 aliphatic heterocycles. The fraction of sp³-hybridized carbons (Fsp3) is 0.333. The minimum Gasteiger partial charge on any atom is -0.480 e. The molecule has 23 heavy (non-hydrogen) atoms. The molecule has 120 valence electrons. The molecule has 3 aromatic heterocycles. The molecule has 2 N–H and O–H groups in total. The van der Waals surface area contributed by atoms with E-state index in [2.05, 4.69) is 20.6 Å². The second kappa shape index (κ2) is 6.33. The van der Waals surface area contributed by atoms with Gasteiger partial charge in [0.05, 0.1) is 0 Å². The molecule has 0 aromatic carbocycles. The van der Waals surface area contributed by atoms with E-state index in [1.807, 2.05) is 30.7 Å². The number of carbonyl (C=O) groups is 1. The Morgan fingerprint density at radius 1 is 1.35 bits per heavy atom. The first-order valence-corrected chi connectivity index (χ1v) is 8.23. The van der Waals surface area contributed by atoms with Gasteiger partial charge in [-0.2, -0.15) is 15.9 Å². The minimum absolute atomic E-state index is 0.267. The Morgan fingerprint density at radius 3 is 2.83 bits per heavy atom. The number of rotatable bonds is 6. The van der Waals surface area contributed by atoms with Crippen molar-refractivity contribution in [2.75, 3.05) is 5.32 Å². The van der Waals surface area contributed by atoms with E-state index in [-0.39, 0.29) is 5.92 Å². The van der Waals surface area contributed by atoms with Crippen LogP contribution in [-0.2, 0) is 4.79 Å². The Hall–Kier alpha value is -2.48. The van der Waals surface area contributed by atoms with Gasteiger partial charge in [0.15, 0.2) is 11.5 Å². The van der Waals surface area contributed by atoms with Crippen molar-refractivity contribution >= 4 is 28.8 Å². The van der Waals surface area contributed by atoms with Gasteiger partial charge in [-0.25, -0.2) is 4.79 Å². The van der Waals surface area contributed by atoms with Crippen LogP contribution in [0.2, 0.25) is 0 Å². The summed E-state index contributed by atoms with van der Waals surface area (Å²) in [5.74, 6) is 0.508. The summed E-state index contributed by atoms with van der Waals surface area (Å²) >= 11 is 1.57. The molecule has 3 rings (SSSR count). The van der Waals surface area contributed by atoms with Crippen LogP contribution in [0.25, 0.3) is 17.0 Å². The minimum atomic E-state index is -0.887. The van der Waals surface area contributed by atoms with Gasteiger partial charge < -0.3 is 10.4 Å². The summed E-state index contributed by atoms with van der Waals surface area (Å²) in [7, 11) is 0. The van der Waals surface area contributed by atoms with E-state index in [9.17, 15) is 9.90 Å². The molecule has 8 heteroatoms. The number of aromatic nitrogens is 4. The van der Waals surface area contributed by atoms with Crippen LogP contribution in [0.4, 0.5) is 5.82 Å². The van der Waals surface area contributed by atoms with Crippen molar-refractivity contribution in [3.63, 3.8) is 0 Å². The van der Waals surface area contributed by atoms with E-state index in [0.29, 0.717) is 23.7 Å². The molecular weight excluding hydrogens is 314 g/mol. The van der Waals surface area contributed by atoms with Crippen molar-refractivity contribution in [2.24, 2.45) is 5.92 Å². The normalized spacial score (nSPS) is 12.7. The molecule has 0 aliphatic rings. The molecule has 0 saturated heterocycles. The van der Waals surface area contributed by atoms with Gasteiger partial charge in [-0.3, -0.25) is 0 Å². The maximum atomic E-state index is 11.4. The van der Waals surface area contributed by atoms with Gasteiger partial charge in [0.25, 0.3) is 0 Å². The number of hydrogen-bond donors (Lipinski definition) is 2. The molecule has 1 atom stereocenters. The number of anilines is 1. The molecule has 0 saturated carbocycles. The first-order valence-electron chi connectivity index (χ1n) is 7.29. The molecule has 0 radical (unpaired) electrons. The van der Waals surface area contributed by atoms with Gasteiger partial charge >= 0.3 is 5.97 Å². The third-order valence-electron chi connectivity index (χ3n) is 3.37. The smallest absolute Gasteiger partial charge is 0.326 e. The Balaban J connectivity index is 1.93. The summed E-state index contributed by atoms with van der Waals surface area (Å²) < 4.78 is 1.62. The molecule has 0 unspecified atom stereocenters. The summed E-state index contributed by atoms with van der Waals surface area (Å²) in [5, 5.41) is 28.9. The fourth-order valence-electron chi connectivity index (χ4n) is 2.31. The standard InChI is InChI=1S/C15H17N5O2S/c1-9(2)7-11(15(21)22)16-12-3-4-13-17-18-14(20(13)19-12)10-5-6-23-8-10/h3-6,8-9,11H,7H2,1-2H3,(H,16,19)(H,21,22)/t11-/m0/s1. The first-order chi connectivity index (χ1) is 11.0. The largest absolute Gasteiger partial charge is 0.480 e. The van der Waals surface area contributed by atoms with Gasteiger partial charge in [-0.15, -0.1) is 15.3 Å². The fourth-order valence-corrected chi connectivity index (χ4v) is 2.94. The third kappa shape index (κ3) is 3.31. The van der Waals surface area contributed by atoms with Crippen molar-refractivity contribution in [3.05, 3.63) is 29.0 Å². The average molecular weight is 331 g/mol. The van der Waals surface area contributed by atoms with Gasteiger partial charge in [0.1, 0.15) is 11.9 Å². The monoisotopic (exact) mass is 331 g/mol. The van der Waals surface area contributed by atoms with Gasteiger partial charge in [0, 0.05) is 10.9 Å². The lowest BCUT2D eigenvalue weighted by atomic mass is 10.0. The summed E-state index contributed by atoms with van der Waals surface area (Å²) in [6.45, 7) is 3.98. The van der Waals surface area contributed by atoms with E-state index >= 15 is 0 Å². The van der Waals surface area contributed by atoms with Crippen LogP contribution in [-0.4, -0.2) is 36.9 Å². The molecule has 0 aliphatic carbocycles. The predicted molar refractivity (Wildman–Crippen MR) is 88.6 cm³/mol. The lowest BCUT2D eigenvalue weighted by Gasteiger charge is -2.16. The Kier molecular flexibility index (Phi) is 4.24. The number of thiophene rings is 1. The second-order valence-electron chi connectivity index (χ2n) is 5.69. The molecule has 0 fully saturated rings. The zero-order valence-electron chi connectivity index (χ0n) is 12.8. The molecule has 0 amide bonds. The molecule has 3 aromatic rings. The number of carboxylic acids is 1. The van der Waals surface area contributed by atoms with Gasteiger partial charge in [-0.05, 0) is 35.9 Å². The summed E-state index contributed by atoms with van der Waals surface area (Å²) in [5.41, 5.74) is 1.55. The molecule has 3 heterocycles. The quantitative estimate of drug-likeness (QED) is 0.721. The van der Waals surface area contributed by atoms with Crippen molar-refractivity contribution in [2.45, 2.75) is 26.3 Å². The number of carboxylic acid groups (broad SMARTS) is 1. The van der Waals surface area contributed by atoms with Gasteiger partial charge in [-0.1, -0.05) is 13.8 Å². The van der Waals surface area contributed by atoms with Crippen LogP contribution in [0.15, 0.2) is 29.0 Å². The topological polar surface area (TPSA) is 92.4 Å². The van der Waals surface area contributed by atoms with Crippen LogP contribution in [0.5, 0.6) is 0 Å². The summed E-state index contributed by atoms with van der Waals surface area (Å²) in [6.07, 6.45) is 0.522. The Morgan fingerprint density at radius 2 is 2.17 bits per heavy atom. The van der Waals surface area contributed by atoms with Crippen molar-refractivity contribution in [1.29, 1.82) is 0 Å². The zero-order chi connectivity index (χ0) is 16.4. The molecular formula is C15H17N5O2S. The zero-order valence-corrected chi connectivity index (χ0v) is 13.6. The molecule has 7 nitrogen and oxygen atoms in total. The van der Waals surface area contributed by atoms with E-state index in [4.69, 9.17) is 0 Å². The highest BCUT2D eigenvalue weighted by atomic mass is 32.1. The highest BCUT2D eigenvalue weighted by molar-refractivity contribution is 7.08. The van der Waals surface area contributed by atoms with Crippen LogP contribution < -0.4 is 5.32 Å². The highest BCUT2D eigenvalue weighted by Crippen LogP contribution is 2.21. The molecule has 0 bridgehead atoms. The number of nitrogens with one attached hydrogen (secondary N) is 1. The lowest BCUT2D eigenvalue weighted by Crippen LogP contribution is -2.31. The van der Waals surface area contributed by atoms with E-state index < -0.39 is 12.0 Å². The molecule has 0 spiro atoms. The van der Waals surface area contributed by atoms with Crippen molar-refractivity contribution in [3.8, 4) is 11.4 Å². The summed E-state index contributed by atoms with van der Waals surface area (Å²) in [6, 6.07) is 4.76.